The van der Waals surface area contributed by atoms with E-state index in [9.17, 15) is 9.18 Å². The Morgan fingerprint density at radius 3 is 2.81 bits per heavy atom. The molecule has 0 fully saturated rings. The Balaban J connectivity index is 2.42. The Morgan fingerprint density at radius 2 is 2.25 bits per heavy atom. The fourth-order valence-corrected chi connectivity index (χ4v) is 1.27. The molecule has 0 bridgehead atoms. The molecule has 0 radical (unpaired) electrons. The molecule has 2 aromatic rings. The molecule has 5 nitrogen and oxygen atoms in total. The molecule has 0 aliphatic rings. The van der Waals surface area contributed by atoms with Crippen molar-refractivity contribution < 1.29 is 14.3 Å². The molecule has 0 aliphatic heterocycles. The predicted molar refractivity (Wildman–Crippen MR) is 53.3 cm³/mol. The van der Waals surface area contributed by atoms with Crippen molar-refractivity contribution in [2.24, 2.45) is 0 Å². The van der Waals surface area contributed by atoms with E-state index in [0.717, 1.165) is 17.1 Å². The number of carbonyl (C=O) groups is 1. The van der Waals surface area contributed by atoms with Crippen LogP contribution in [0.2, 0.25) is 5.02 Å². The zero-order chi connectivity index (χ0) is 11.7. The summed E-state index contributed by atoms with van der Waals surface area (Å²) in [5.41, 5.74) is 0.194. The largest absolute Gasteiger partial charge is 0.476 e. The smallest absolute Gasteiger partial charge is 0.358 e. The number of carboxylic acid groups (broad SMARTS) is 1. The second-order valence-corrected chi connectivity index (χ2v) is 3.33. The van der Waals surface area contributed by atoms with E-state index in [2.05, 4.69) is 10.2 Å². The van der Waals surface area contributed by atoms with Crippen molar-refractivity contribution in [1.29, 1.82) is 0 Å². The van der Waals surface area contributed by atoms with Crippen molar-refractivity contribution in [2.75, 3.05) is 0 Å². The maximum atomic E-state index is 12.9. The highest BCUT2D eigenvalue weighted by Gasteiger charge is 2.10. The molecule has 7 heteroatoms. The van der Waals surface area contributed by atoms with Gasteiger partial charge in [-0.15, -0.1) is 5.10 Å². The highest BCUT2D eigenvalue weighted by Crippen LogP contribution is 2.17. The summed E-state index contributed by atoms with van der Waals surface area (Å²) in [6.45, 7) is 0. The number of nitrogens with zero attached hydrogens (tertiary/aromatic N) is 3. The summed E-state index contributed by atoms with van der Waals surface area (Å²) in [6.07, 6.45) is 1.10. The first-order valence-corrected chi connectivity index (χ1v) is 4.57. The number of hydrogen-bond acceptors (Lipinski definition) is 3. The monoisotopic (exact) mass is 241 g/mol. The first-order chi connectivity index (χ1) is 7.58. The minimum absolute atomic E-state index is 0.0772. The Morgan fingerprint density at radius 1 is 1.50 bits per heavy atom. The normalized spacial score (nSPS) is 10.4. The van der Waals surface area contributed by atoms with Crippen LogP contribution in [0.3, 0.4) is 0 Å². The topological polar surface area (TPSA) is 68.0 Å². The maximum Gasteiger partial charge on any atom is 0.358 e. The fourth-order valence-electron chi connectivity index (χ4n) is 1.09. The number of carboxylic acids is 1. The Bertz CT molecular complexity index is 555. The SMILES string of the molecule is O=C(O)c1cnn(-c2ccc(F)c(Cl)c2)n1. The van der Waals surface area contributed by atoms with Gasteiger partial charge in [-0.05, 0) is 18.2 Å². The third-order valence-electron chi connectivity index (χ3n) is 1.85. The maximum absolute atomic E-state index is 12.9. The molecule has 0 atom stereocenters. The van der Waals surface area contributed by atoms with E-state index in [-0.39, 0.29) is 10.7 Å². The van der Waals surface area contributed by atoms with Gasteiger partial charge < -0.3 is 5.11 Å². The van der Waals surface area contributed by atoms with Gasteiger partial charge in [-0.25, -0.2) is 9.18 Å². The molecule has 82 valence electrons. The van der Waals surface area contributed by atoms with Gasteiger partial charge in [-0.2, -0.15) is 9.90 Å². The first kappa shape index (κ1) is 10.6. The second kappa shape index (κ2) is 3.90. The lowest BCUT2D eigenvalue weighted by molar-refractivity contribution is 0.0690. The zero-order valence-corrected chi connectivity index (χ0v) is 8.52. The summed E-state index contributed by atoms with van der Waals surface area (Å²) in [6, 6.07) is 3.86. The highest BCUT2D eigenvalue weighted by atomic mass is 35.5. The minimum atomic E-state index is -1.18. The van der Waals surface area contributed by atoms with Gasteiger partial charge >= 0.3 is 5.97 Å². The van der Waals surface area contributed by atoms with Crippen molar-refractivity contribution >= 4 is 17.6 Å². The van der Waals surface area contributed by atoms with Crippen molar-refractivity contribution in [3.8, 4) is 5.69 Å². The summed E-state index contributed by atoms with van der Waals surface area (Å²) < 4.78 is 12.9. The van der Waals surface area contributed by atoms with Gasteiger partial charge in [0.05, 0.1) is 16.9 Å². The van der Waals surface area contributed by atoms with Gasteiger partial charge in [0.25, 0.3) is 0 Å². The zero-order valence-electron chi connectivity index (χ0n) is 7.76. The van der Waals surface area contributed by atoms with Crippen LogP contribution in [0.25, 0.3) is 5.69 Å². The lowest BCUT2D eigenvalue weighted by atomic mass is 10.3. The van der Waals surface area contributed by atoms with E-state index in [1.54, 1.807) is 0 Å². The van der Waals surface area contributed by atoms with Crippen LogP contribution >= 0.6 is 11.6 Å². The van der Waals surface area contributed by atoms with Crippen LogP contribution in [-0.2, 0) is 0 Å². The van der Waals surface area contributed by atoms with Gasteiger partial charge in [0.1, 0.15) is 5.82 Å². The number of benzene rings is 1. The molecule has 1 aromatic carbocycles. The third kappa shape index (κ3) is 1.87. The van der Waals surface area contributed by atoms with Crippen LogP contribution in [0.15, 0.2) is 24.4 Å². The molecule has 0 saturated carbocycles. The number of aromatic carboxylic acids is 1. The van der Waals surface area contributed by atoms with Crippen molar-refractivity contribution in [1.82, 2.24) is 15.0 Å². The van der Waals surface area contributed by atoms with Crippen LogP contribution < -0.4 is 0 Å². The van der Waals surface area contributed by atoms with E-state index in [1.807, 2.05) is 0 Å². The van der Waals surface area contributed by atoms with Crippen LogP contribution in [0.1, 0.15) is 10.5 Å². The molecule has 1 N–H and O–H groups in total. The average Bonchev–Trinajstić information content (AvgIpc) is 2.71. The summed E-state index contributed by atoms with van der Waals surface area (Å²) in [7, 11) is 0. The molecule has 0 aliphatic carbocycles. The van der Waals surface area contributed by atoms with Gasteiger partial charge in [0.2, 0.25) is 0 Å². The van der Waals surface area contributed by atoms with Gasteiger partial charge in [0, 0.05) is 0 Å². The number of halogens is 2. The average molecular weight is 242 g/mol. The molecule has 0 unspecified atom stereocenters. The number of hydrogen-bond donors (Lipinski definition) is 1. The molecule has 1 aromatic heterocycles. The quantitative estimate of drug-likeness (QED) is 0.870. The van der Waals surface area contributed by atoms with Crippen LogP contribution in [0, 0.1) is 5.82 Å². The van der Waals surface area contributed by atoms with Gasteiger partial charge in [-0.1, -0.05) is 11.6 Å². The Labute approximate surface area is 94.1 Å². The summed E-state index contributed by atoms with van der Waals surface area (Å²) in [5.74, 6) is -1.74. The summed E-state index contributed by atoms with van der Waals surface area (Å²) in [4.78, 5) is 11.6. The van der Waals surface area contributed by atoms with E-state index < -0.39 is 11.8 Å². The van der Waals surface area contributed by atoms with E-state index in [0.29, 0.717) is 5.69 Å². The molecule has 2 rings (SSSR count). The minimum Gasteiger partial charge on any atom is -0.476 e. The molecular formula is C9H5ClFN3O2. The summed E-state index contributed by atoms with van der Waals surface area (Å²) >= 11 is 5.57. The fraction of sp³-hybridized carbons (Fsp3) is 0. The molecule has 16 heavy (non-hydrogen) atoms. The Hall–Kier alpha value is -1.95. The molecule has 0 saturated heterocycles. The highest BCUT2D eigenvalue weighted by molar-refractivity contribution is 6.30. The molecule has 0 spiro atoms. The van der Waals surface area contributed by atoms with Crippen molar-refractivity contribution in [3.63, 3.8) is 0 Å². The molecule has 0 amide bonds. The lowest BCUT2D eigenvalue weighted by Crippen LogP contribution is -2.02. The first-order valence-electron chi connectivity index (χ1n) is 4.19. The molecule has 1 heterocycles. The molecular weight excluding hydrogens is 237 g/mol. The van der Waals surface area contributed by atoms with Crippen molar-refractivity contribution in [2.45, 2.75) is 0 Å². The second-order valence-electron chi connectivity index (χ2n) is 2.92. The van der Waals surface area contributed by atoms with Gasteiger partial charge in [0.15, 0.2) is 5.69 Å². The van der Waals surface area contributed by atoms with E-state index in [1.165, 1.54) is 12.1 Å². The Kier molecular flexibility index (Phi) is 2.57. The number of aromatic nitrogens is 3. The van der Waals surface area contributed by atoms with E-state index in [4.69, 9.17) is 16.7 Å². The number of rotatable bonds is 2. The van der Waals surface area contributed by atoms with Crippen LogP contribution in [0.5, 0.6) is 0 Å². The predicted octanol–water partition coefficient (Wildman–Crippen LogP) is 1.76. The third-order valence-corrected chi connectivity index (χ3v) is 2.13. The van der Waals surface area contributed by atoms with Crippen LogP contribution in [-0.4, -0.2) is 26.1 Å². The van der Waals surface area contributed by atoms with Crippen LogP contribution in [0.4, 0.5) is 4.39 Å². The standard InChI is InChI=1S/C9H5ClFN3O2/c10-6-3-5(1-2-7(6)11)14-12-4-8(13-14)9(15)16/h1-4H,(H,15,16). The van der Waals surface area contributed by atoms with Gasteiger partial charge in [-0.3, -0.25) is 0 Å². The van der Waals surface area contributed by atoms with E-state index >= 15 is 0 Å². The lowest BCUT2D eigenvalue weighted by Gasteiger charge is -2.00. The summed E-state index contributed by atoms with van der Waals surface area (Å²) in [5, 5.41) is 16.0. The van der Waals surface area contributed by atoms with Crippen molar-refractivity contribution in [3.05, 3.63) is 40.9 Å².